The summed E-state index contributed by atoms with van der Waals surface area (Å²) in [6, 6.07) is 9.67. The van der Waals surface area contributed by atoms with Crippen LogP contribution >= 0.6 is 11.3 Å². The second-order valence-corrected chi connectivity index (χ2v) is 5.00. The Morgan fingerprint density at radius 1 is 1.39 bits per heavy atom. The van der Waals surface area contributed by atoms with Gasteiger partial charge in [0.05, 0.1) is 5.69 Å². The van der Waals surface area contributed by atoms with Crippen LogP contribution in [0.15, 0.2) is 35.7 Å². The average molecular weight is 261 g/mol. The highest BCUT2D eigenvalue weighted by molar-refractivity contribution is 7.09. The Morgan fingerprint density at radius 3 is 2.67 bits per heavy atom. The second-order valence-electron chi connectivity index (χ2n) is 4.11. The molecule has 1 aromatic heterocycles. The minimum Gasteiger partial charge on any atom is -0.481 e. The highest BCUT2D eigenvalue weighted by Crippen LogP contribution is 2.24. The number of rotatable bonds is 5. The van der Waals surface area contributed by atoms with Crippen LogP contribution in [0, 0.1) is 0 Å². The van der Waals surface area contributed by atoms with E-state index in [1.807, 2.05) is 42.6 Å². The van der Waals surface area contributed by atoms with Gasteiger partial charge in [0.1, 0.15) is 10.9 Å². The first-order valence-corrected chi connectivity index (χ1v) is 6.79. The Bertz CT molecular complexity index is 522. The van der Waals surface area contributed by atoms with E-state index in [2.05, 4.69) is 4.98 Å². The number of benzene rings is 1. The molecule has 0 saturated heterocycles. The number of thiazole rings is 1. The number of carbonyl (C=O) groups is 1. The summed E-state index contributed by atoms with van der Waals surface area (Å²) in [5, 5.41) is 12.0. The molecule has 0 aliphatic rings. The highest BCUT2D eigenvalue weighted by Gasteiger charge is 2.23. The molecule has 3 nitrogen and oxygen atoms in total. The first-order chi connectivity index (χ1) is 8.70. The van der Waals surface area contributed by atoms with Crippen LogP contribution in [-0.4, -0.2) is 16.1 Å². The van der Waals surface area contributed by atoms with Crippen molar-refractivity contribution < 1.29 is 9.90 Å². The number of aromatic nitrogens is 1. The standard InChI is InChI=1S/C14H15NO2S/c1-2-11-9-18-13(15-11)12(14(16)17)8-10-6-4-3-5-7-10/h3-7,9,12H,2,8H2,1H3,(H,16,17). The Hall–Kier alpha value is -1.68. The molecule has 94 valence electrons. The van der Waals surface area contributed by atoms with Gasteiger partial charge in [-0.2, -0.15) is 0 Å². The number of hydrogen-bond acceptors (Lipinski definition) is 3. The van der Waals surface area contributed by atoms with Crippen molar-refractivity contribution in [2.24, 2.45) is 0 Å². The molecule has 0 saturated carbocycles. The van der Waals surface area contributed by atoms with Crippen molar-refractivity contribution in [3.05, 3.63) is 52.0 Å². The van der Waals surface area contributed by atoms with Gasteiger partial charge in [0, 0.05) is 5.38 Å². The van der Waals surface area contributed by atoms with Crippen LogP contribution in [0.3, 0.4) is 0 Å². The van der Waals surface area contributed by atoms with Gasteiger partial charge < -0.3 is 5.11 Å². The number of hydrogen-bond donors (Lipinski definition) is 1. The number of aryl methyl sites for hydroxylation is 1. The van der Waals surface area contributed by atoms with Gasteiger partial charge in [-0.1, -0.05) is 37.3 Å². The number of aliphatic carboxylic acids is 1. The van der Waals surface area contributed by atoms with E-state index >= 15 is 0 Å². The maximum absolute atomic E-state index is 11.4. The predicted octanol–water partition coefficient (Wildman–Crippen LogP) is 3.12. The SMILES string of the molecule is CCc1csc(C(Cc2ccccc2)C(=O)O)n1. The normalized spacial score (nSPS) is 12.3. The average Bonchev–Trinajstić information content (AvgIpc) is 2.85. The number of carboxylic acid groups (broad SMARTS) is 1. The lowest BCUT2D eigenvalue weighted by Gasteiger charge is -2.09. The first kappa shape index (κ1) is 12.8. The minimum atomic E-state index is -0.809. The van der Waals surface area contributed by atoms with Crippen molar-refractivity contribution in [2.45, 2.75) is 25.7 Å². The molecule has 0 amide bonds. The van der Waals surface area contributed by atoms with Gasteiger partial charge in [-0.15, -0.1) is 11.3 Å². The van der Waals surface area contributed by atoms with Gasteiger partial charge in [0.2, 0.25) is 0 Å². The van der Waals surface area contributed by atoms with Crippen LogP contribution in [-0.2, 0) is 17.6 Å². The predicted molar refractivity (Wildman–Crippen MR) is 72.0 cm³/mol. The molecule has 18 heavy (non-hydrogen) atoms. The largest absolute Gasteiger partial charge is 0.481 e. The monoisotopic (exact) mass is 261 g/mol. The summed E-state index contributed by atoms with van der Waals surface area (Å²) in [5.74, 6) is -1.35. The Morgan fingerprint density at radius 2 is 2.11 bits per heavy atom. The van der Waals surface area contributed by atoms with Crippen LogP contribution in [0.5, 0.6) is 0 Å². The summed E-state index contributed by atoms with van der Waals surface area (Å²) >= 11 is 1.44. The summed E-state index contributed by atoms with van der Waals surface area (Å²) in [5.41, 5.74) is 1.99. The van der Waals surface area contributed by atoms with E-state index in [4.69, 9.17) is 0 Å². The maximum atomic E-state index is 11.4. The van der Waals surface area contributed by atoms with Crippen LogP contribution in [0.4, 0.5) is 0 Å². The van der Waals surface area contributed by atoms with Crippen molar-refractivity contribution in [2.75, 3.05) is 0 Å². The fraction of sp³-hybridized carbons (Fsp3) is 0.286. The first-order valence-electron chi connectivity index (χ1n) is 5.91. The van der Waals surface area contributed by atoms with Gasteiger partial charge in [-0.05, 0) is 18.4 Å². The van der Waals surface area contributed by atoms with Gasteiger partial charge in [-0.3, -0.25) is 4.79 Å². The quantitative estimate of drug-likeness (QED) is 0.899. The zero-order valence-electron chi connectivity index (χ0n) is 10.2. The van der Waals surface area contributed by atoms with E-state index in [-0.39, 0.29) is 0 Å². The summed E-state index contributed by atoms with van der Waals surface area (Å²) in [7, 11) is 0. The molecule has 2 rings (SSSR count). The number of nitrogens with zero attached hydrogens (tertiary/aromatic N) is 1. The van der Waals surface area contributed by atoms with E-state index in [1.54, 1.807) is 0 Å². The van der Waals surface area contributed by atoms with Crippen LogP contribution in [0.25, 0.3) is 0 Å². The van der Waals surface area contributed by atoms with E-state index in [9.17, 15) is 9.90 Å². The van der Waals surface area contributed by atoms with Crippen LogP contribution < -0.4 is 0 Å². The summed E-state index contributed by atoms with van der Waals surface area (Å²) in [6.07, 6.45) is 1.33. The molecule has 0 aliphatic carbocycles. The Kier molecular flexibility index (Phi) is 4.10. The van der Waals surface area contributed by atoms with Crippen molar-refractivity contribution in [3.8, 4) is 0 Å². The smallest absolute Gasteiger partial charge is 0.313 e. The lowest BCUT2D eigenvalue weighted by molar-refractivity contribution is -0.138. The van der Waals surface area contributed by atoms with E-state index in [1.165, 1.54) is 11.3 Å². The Labute approximate surface area is 110 Å². The zero-order valence-corrected chi connectivity index (χ0v) is 11.0. The van der Waals surface area contributed by atoms with E-state index < -0.39 is 11.9 Å². The van der Waals surface area contributed by atoms with Gasteiger partial charge in [-0.25, -0.2) is 4.98 Å². The van der Waals surface area contributed by atoms with Crippen molar-refractivity contribution >= 4 is 17.3 Å². The van der Waals surface area contributed by atoms with E-state index in [0.717, 1.165) is 17.7 Å². The van der Waals surface area contributed by atoms with Crippen LogP contribution in [0.2, 0.25) is 0 Å². The molecular formula is C14H15NO2S. The van der Waals surface area contributed by atoms with Crippen molar-refractivity contribution in [3.63, 3.8) is 0 Å². The third-order valence-electron chi connectivity index (χ3n) is 2.81. The topological polar surface area (TPSA) is 50.2 Å². The molecule has 1 unspecified atom stereocenters. The van der Waals surface area contributed by atoms with Gasteiger partial charge in [0.25, 0.3) is 0 Å². The van der Waals surface area contributed by atoms with Gasteiger partial charge >= 0.3 is 5.97 Å². The molecule has 0 spiro atoms. The molecule has 1 N–H and O–H groups in total. The fourth-order valence-corrected chi connectivity index (χ4v) is 2.77. The fourth-order valence-electron chi connectivity index (χ4n) is 1.78. The van der Waals surface area contributed by atoms with Crippen molar-refractivity contribution in [1.82, 2.24) is 4.98 Å². The van der Waals surface area contributed by atoms with Crippen molar-refractivity contribution in [1.29, 1.82) is 0 Å². The lowest BCUT2D eigenvalue weighted by atomic mass is 10.0. The summed E-state index contributed by atoms with van der Waals surface area (Å²) < 4.78 is 0. The second kappa shape index (κ2) is 5.78. The van der Waals surface area contributed by atoms with Crippen LogP contribution in [0.1, 0.15) is 29.1 Å². The minimum absolute atomic E-state index is 0.493. The molecule has 2 aromatic rings. The molecule has 1 heterocycles. The molecule has 1 aromatic carbocycles. The zero-order chi connectivity index (χ0) is 13.0. The molecule has 1 atom stereocenters. The lowest BCUT2D eigenvalue weighted by Crippen LogP contribution is -2.14. The third-order valence-corrected chi connectivity index (χ3v) is 3.82. The third kappa shape index (κ3) is 2.96. The van der Waals surface area contributed by atoms with Gasteiger partial charge in [0.15, 0.2) is 0 Å². The highest BCUT2D eigenvalue weighted by atomic mass is 32.1. The molecule has 0 fully saturated rings. The summed E-state index contributed by atoms with van der Waals surface area (Å²) in [6.45, 7) is 2.02. The molecular weight excluding hydrogens is 246 g/mol. The molecule has 0 bridgehead atoms. The van der Waals surface area contributed by atoms with E-state index in [0.29, 0.717) is 11.4 Å². The maximum Gasteiger partial charge on any atom is 0.313 e. The molecule has 4 heteroatoms. The molecule has 0 aliphatic heterocycles. The number of carboxylic acids is 1. The Balaban J connectivity index is 2.21. The summed E-state index contributed by atoms with van der Waals surface area (Å²) in [4.78, 5) is 15.8. The molecule has 0 radical (unpaired) electrons.